The molecule has 2 unspecified atom stereocenters. The van der Waals surface area contributed by atoms with E-state index in [2.05, 4.69) is 10.3 Å². The van der Waals surface area contributed by atoms with E-state index in [-0.39, 0.29) is 30.1 Å². The molecule has 190 valence electrons. The Morgan fingerprint density at radius 3 is 2.67 bits per heavy atom. The molecule has 0 bridgehead atoms. The molecule has 3 aromatic rings. The molecule has 1 aliphatic rings. The molecular weight excluding hydrogens is 478 g/mol. The summed E-state index contributed by atoms with van der Waals surface area (Å²) in [6, 6.07) is 7.65. The summed E-state index contributed by atoms with van der Waals surface area (Å²) < 4.78 is 11.0. The maximum Gasteiger partial charge on any atom is 0.238 e. The number of para-hydroxylation sites is 1. The summed E-state index contributed by atoms with van der Waals surface area (Å²) in [6.07, 6.45) is 3.73. The van der Waals surface area contributed by atoms with Gasteiger partial charge in [-0.1, -0.05) is 25.1 Å². The normalized spacial score (nSPS) is 16.3. The van der Waals surface area contributed by atoms with Crippen molar-refractivity contribution >= 4 is 33.9 Å². The van der Waals surface area contributed by atoms with Gasteiger partial charge in [-0.15, -0.1) is 11.3 Å². The minimum Gasteiger partial charge on any atom is -0.496 e. The monoisotopic (exact) mass is 509 g/mol. The van der Waals surface area contributed by atoms with Crippen LogP contribution < -0.4 is 15.0 Å². The number of hydrogen-bond donors (Lipinski definition) is 1. The van der Waals surface area contributed by atoms with Crippen LogP contribution in [0.4, 0.5) is 5.00 Å². The second kappa shape index (κ2) is 10.7. The Kier molecular flexibility index (Phi) is 7.59. The summed E-state index contributed by atoms with van der Waals surface area (Å²) >= 11 is 1.33. The number of rotatable bonds is 9. The smallest absolute Gasteiger partial charge is 0.238 e. The molecule has 2 amide bonds. The Bertz CT molecular complexity index is 1260. The number of amides is 2. The first kappa shape index (κ1) is 25.6. The highest BCUT2D eigenvalue weighted by Gasteiger charge is 2.43. The predicted molar refractivity (Wildman–Crippen MR) is 138 cm³/mol. The van der Waals surface area contributed by atoms with Gasteiger partial charge in [0.25, 0.3) is 0 Å². The minimum atomic E-state index is -0.936. The van der Waals surface area contributed by atoms with Crippen LogP contribution in [0.1, 0.15) is 48.7 Å². The number of carbonyl (C=O) groups excluding carboxylic acids is 3. The number of nitrogens with one attached hydrogen (secondary N) is 1. The van der Waals surface area contributed by atoms with Gasteiger partial charge in [-0.25, -0.2) is 4.98 Å². The van der Waals surface area contributed by atoms with Gasteiger partial charge in [0.15, 0.2) is 5.78 Å². The van der Waals surface area contributed by atoms with Crippen molar-refractivity contribution in [1.29, 1.82) is 0 Å². The number of ether oxygens (including phenoxy) is 1. The third-order valence-electron chi connectivity index (χ3n) is 6.39. The molecule has 4 rings (SSSR count). The van der Waals surface area contributed by atoms with Crippen molar-refractivity contribution in [2.45, 2.75) is 46.6 Å². The molecular formula is C27H31N3O5S. The lowest BCUT2D eigenvalue weighted by Gasteiger charge is -2.32. The van der Waals surface area contributed by atoms with Gasteiger partial charge in [0.2, 0.25) is 17.7 Å². The largest absolute Gasteiger partial charge is 0.496 e. The molecule has 2 atom stereocenters. The highest BCUT2D eigenvalue weighted by Crippen LogP contribution is 2.46. The van der Waals surface area contributed by atoms with E-state index in [1.54, 1.807) is 25.1 Å². The molecule has 0 fully saturated rings. The average molecular weight is 510 g/mol. The summed E-state index contributed by atoms with van der Waals surface area (Å²) in [5.41, 5.74) is 2.21. The van der Waals surface area contributed by atoms with Gasteiger partial charge in [-0.3, -0.25) is 14.4 Å². The fraction of sp³-hybridized carbons (Fsp3) is 0.407. The van der Waals surface area contributed by atoms with Crippen molar-refractivity contribution < 1.29 is 23.5 Å². The molecule has 1 aliphatic heterocycles. The maximum atomic E-state index is 13.8. The third-order valence-corrected chi connectivity index (χ3v) is 7.69. The van der Waals surface area contributed by atoms with E-state index in [0.29, 0.717) is 29.4 Å². The quantitative estimate of drug-likeness (QED) is 0.421. The molecule has 3 heterocycles. The number of nitrogens with zero attached hydrogens (tertiary/aromatic N) is 2. The summed E-state index contributed by atoms with van der Waals surface area (Å²) in [5, 5.41) is 3.48. The Hall–Kier alpha value is -3.46. The summed E-state index contributed by atoms with van der Waals surface area (Å²) in [4.78, 5) is 46.7. The number of methoxy groups -OCH3 is 1. The highest BCUT2D eigenvalue weighted by atomic mass is 32.1. The molecule has 0 aliphatic carbocycles. The zero-order chi connectivity index (χ0) is 26.0. The number of carbonyl (C=O) groups is 3. The molecule has 1 N–H and O–H groups in total. The average Bonchev–Trinajstić information content (AvgIpc) is 3.49. The Morgan fingerprint density at radius 1 is 1.25 bits per heavy atom. The molecule has 36 heavy (non-hydrogen) atoms. The van der Waals surface area contributed by atoms with Crippen LogP contribution in [0.25, 0.3) is 10.8 Å². The lowest BCUT2D eigenvalue weighted by molar-refractivity contribution is -0.126. The molecule has 8 nitrogen and oxygen atoms in total. The van der Waals surface area contributed by atoms with E-state index in [0.717, 1.165) is 21.8 Å². The van der Waals surface area contributed by atoms with Crippen molar-refractivity contribution in [1.82, 2.24) is 10.3 Å². The third kappa shape index (κ3) is 4.93. The fourth-order valence-electron chi connectivity index (χ4n) is 4.54. The van der Waals surface area contributed by atoms with E-state index in [1.807, 2.05) is 45.0 Å². The number of aromatic nitrogens is 1. The molecule has 0 saturated heterocycles. The zero-order valence-electron chi connectivity index (χ0n) is 21.2. The fourth-order valence-corrected chi connectivity index (χ4v) is 5.83. The SMILES string of the molecule is COc1ccccc1CCN1C(=O)C(CC(C)C(=O)NC(C)C)C(=O)c2c1sc(-c1ncco1)c2C. The van der Waals surface area contributed by atoms with Crippen molar-refractivity contribution in [2.24, 2.45) is 11.8 Å². The van der Waals surface area contributed by atoms with Crippen molar-refractivity contribution in [2.75, 3.05) is 18.6 Å². The van der Waals surface area contributed by atoms with Crippen LogP contribution >= 0.6 is 11.3 Å². The number of anilines is 1. The number of hydrogen-bond acceptors (Lipinski definition) is 7. The van der Waals surface area contributed by atoms with Crippen LogP contribution in [0.5, 0.6) is 5.75 Å². The molecule has 1 aromatic carbocycles. The first-order chi connectivity index (χ1) is 17.2. The first-order valence-electron chi connectivity index (χ1n) is 12.0. The standard InChI is InChI=1S/C27H31N3O5S/c1-15(2)29-24(32)16(3)14-19-22(31)21-17(4)23(25-28-11-13-35-25)36-27(21)30(26(19)33)12-10-18-8-6-7-9-20(18)34-5/h6-9,11,13,15-16,19H,10,12,14H2,1-5H3,(H,29,32). The van der Waals surface area contributed by atoms with Crippen LogP contribution in [0, 0.1) is 18.8 Å². The number of benzene rings is 1. The number of thiophene rings is 1. The zero-order valence-corrected chi connectivity index (χ0v) is 22.0. The number of ketones is 1. The highest BCUT2D eigenvalue weighted by molar-refractivity contribution is 7.20. The molecule has 0 radical (unpaired) electrons. The van der Waals surface area contributed by atoms with Gasteiger partial charge in [-0.05, 0) is 50.8 Å². The summed E-state index contributed by atoms with van der Waals surface area (Å²) in [5.74, 6) is -0.970. The van der Waals surface area contributed by atoms with Crippen molar-refractivity contribution in [3.63, 3.8) is 0 Å². The van der Waals surface area contributed by atoms with E-state index < -0.39 is 11.8 Å². The van der Waals surface area contributed by atoms with E-state index in [9.17, 15) is 14.4 Å². The number of fused-ring (bicyclic) bond motifs is 1. The minimum absolute atomic E-state index is 0.0239. The van der Waals surface area contributed by atoms with Gasteiger partial charge in [0, 0.05) is 18.5 Å². The second-order valence-electron chi connectivity index (χ2n) is 9.34. The van der Waals surface area contributed by atoms with Crippen LogP contribution in [0.3, 0.4) is 0 Å². The molecule has 2 aromatic heterocycles. The van der Waals surface area contributed by atoms with E-state index >= 15 is 0 Å². The van der Waals surface area contributed by atoms with Crippen LogP contribution in [-0.2, 0) is 16.0 Å². The number of Topliss-reactive ketones (excluding diaryl/α,β-unsaturated/α-hetero) is 1. The predicted octanol–water partition coefficient (Wildman–Crippen LogP) is 4.66. The maximum absolute atomic E-state index is 13.8. The van der Waals surface area contributed by atoms with Crippen molar-refractivity contribution in [3.05, 3.63) is 53.4 Å². The molecule has 0 saturated carbocycles. The molecule has 0 spiro atoms. The molecule has 9 heteroatoms. The van der Waals surface area contributed by atoms with Gasteiger partial charge in [-0.2, -0.15) is 0 Å². The summed E-state index contributed by atoms with van der Waals surface area (Å²) in [6.45, 7) is 7.74. The van der Waals surface area contributed by atoms with Crippen molar-refractivity contribution in [3.8, 4) is 16.5 Å². The second-order valence-corrected chi connectivity index (χ2v) is 10.3. The lowest BCUT2D eigenvalue weighted by atomic mass is 9.84. The van der Waals surface area contributed by atoms with E-state index in [4.69, 9.17) is 9.15 Å². The van der Waals surface area contributed by atoms with Crippen LogP contribution in [-0.4, -0.2) is 42.3 Å². The Morgan fingerprint density at radius 2 is 2.00 bits per heavy atom. The van der Waals surface area contributed by atoms with Gasteiger partial charge < -0.3 is 19.4 Å². The van der Waals surface area contributed by atoms with E-state index in [1.165, 1.54) is 17.6 Å². The Labute approximate surface area is 214 Å². The van der Waals surface area contributed by atoms with Gasteiger partial charge in [0.1, 0.15) is 22.9 Å². The topological polar surface area (TPSA) is 102 Å². The van der Waals surface area contributed by atoms with Crippen LogP contribution in [0.2, 0.25) is 0 Å². The van der Waals surface area contributed by atoms with Crippen LogP contribution in [0.15, 0.2) is 41.1 Å². The van der Waals surface area contributed by atoms with Gasteiger partial charge in [0.05, 0.1) is 23.7 Å². The first-order valence-corrected chi connectivity index (χ1v) is 12.9. The number of oxazole rings is 1. The van der Waals surface area contributed by atoms with Gasteiger partial charge >= 0.3 is 0 Å². The Balaban J connectivity index is 1.70. The lowest BCUT2D eigenvalue weighted by Crippen LogP contribution is -2.46. The summed E-state index contributed by atoms with van der Waals surface area (Å²) in [7, 11) is 1.62.